The lowest BCUT2D eigenvalue weighted by Gasteiger charge is -2.12. The van der Waals surface area contributed by atoms with Crippen LogP contribution >= 0.6 is 23.2 Å². The second-order valence-electron chi connectivity index (χ2n) is 4.25. The smallest absolute Gasteiger partial charge is 0.269 e. The summed E-state index contributed by atoms with van der Waals surface area (Å²) in [5.41, 5.74) is 0.671. The lowest BCUT2D eigenvalue weighted by molar-refractivity contribution is -0.159. The second kappa shape index (κ2) is 8.80. The van der Waals surface area contributed by atoms with E-state index in [1.54, 1.807) is 24.3 Å². The normalized spacial score (nSPS) is 10.8. The molecule has 1 aromatic rings. The van der Waals surface area contributed by atoms with Crippen LogP contribution in [-0.2, 0) is 4.79 Å². The number of hydrogen-bond donors (Lipinski definition) is 1. The molecule has 0 fully saturated rings. The Bertz CT molecular complexity index is 501. The summed E-state index contributed by atoms with van der Waals surface area (Å²) in [6, 6.07) is 4.99. The number of hydroxylamine groups is 2. The van der Waals surface area contributed by atoms with Crippen molar-refractivity contribution >= 4 is 35.2 Å². The Morgan fingerprint density at radius 2 is 2.10 bits per heavy atom. The van der Waals surface area contributed by atoms with Crippen molar-refractivity contribution in [2.45, 2.75) is 19.3 Å². The number of carbonyl (C=O) groups excluding carboxylic acids is 1. The Morgan fingerprint density at radius 3 is 2.75 bits per heavy atom. The SMILES string of the molecule is C=CCCCCN(O)C(=O)/C=C/c1ccc(Cl)cc1Cl. The minimum absolute atomic E-state index is 0.297. The van der Waals surface area contributed by atoms with Crippen molar-refractivity contribution in [1.82, 2.24) is 5.06 Å². The van der Waals surface area contributed by atoms with Crippen LogP contribution in [-0.4, -0.2) is 22.7 Å². The zero-order valence-corrected chi connectivity index (χ0v) is 12.6. The summed E-state index contributed by atoms with van der Waals surface area (Å²) in [5.74, 6) is -0.477. The molecule has 0 aromatic heterocycles. The molecular weight excluding hydrogens is 297 g/mol. The van der Waals surface area contributed by atoms with Gasteiger partial charge in [-0.05, 0) is 43.0 Å². The topological polar surface area (TPSA) is 40.5 Å². The van der Waals surface area contributed by atoms with Gasteiger partial charge in [0, 0.05) is 22.7 Å². The van der Waals surface area contributed by atoms with Crippen LogP contribution in [0.25, 0.3) is 6.08 Å². The predicted octanol–water partition coefficient (Wildman–Crippen LogP) is 4.58. The fraction of sp³-hybridized carbons (Fsp3) is 0.267. The van der Waals surface area contributed by atoms with Gasteiger partial charge in [-0.1, -0.05) is 35.3 Å². The van der Waals surface area contributed by atoms with E-state index in [1.807, 2.05) is 6.08 Å². The fourth-order valence-electron chi connectivity index (χ4n) is 1.54. The molecule has 0 aliphatic carbocycles. The molecule has 20 heavy (non-hydrogen) atoms. The van der Waals surface area contributed by atoms with Gasteiger partial charge in [0.2, 0.25) is 0 Å². The Morgan fingerprint density at radius 1 is 1.35 bits per heavy atom. The van der Waals surface area contributed by atoms with Gasteiger partial charge in [0.05, 0.1) is 0 Å². The lowest BCUT2D eigenvalue weighted by atomic mass is 10.2. The third-order valence-electron chi connectivity index (χ3n) is 2.65. The third kappa shape index (κ3) is 5.78. The Labute approximate surface area is 129 Å². The van der Waals surface area contributed by atoms with Crippen molar-refractivity contribution < 1.29 is 10.0 Å². The van der Waals surface area contributed by atoms with Crippen LogP contribution in [0.2, 0.25) is 10.0 Å². The van der Waals surface area contributed by atoms with Crippen LogP contribution in [0.3, 0.4) is 0 Å². The molecule has 0 atom stereocenters. The minimum atomic E-state index is -0.477. The number of amides is 1. The van der Waals surface area contributed by atoms with Crippen LogP contribution < -0.4 is 0 Å². The first kappa shape index (κ1) is 16.8. The molecule has 0 saturated heterocycles. The Hall–Kier alpha value is -1.29. The molecular formula is C15H17Cl2NO2. The van der Waals surface area contributed by atoms with E-state index in [2.05, 4.69) is 6.58 Å². The summed E-state index contributed by atoms with van der Waals surface area (Å²) in [6.07, 6.45) is 7.13. The van der Waals surface area contributed by atoms with E-state index in [9.17, 15) is 10.0 Å². The molecule has 108 valence electrons. The van der Waals surface area contributed by atoms with Crippen molar-refractivity contribution in [3.8, 4) is 0 Å². The van der Waals surface area contributed by atoms with E-state index in [4.69, 9.17) is 23.2 Å². The number of benzene rings is 1. The third-order valence-corrected chi connectivity index (χ3v) is 3.21. The average Bonchev–Trinajstić information content (AvgIpc) is 2.42. The molecule has 0 aliphatic heterocycles. The molecule has 0 spiro atoms. The highest BCUT2D eigenvalue weighted by molar-refractivity contribution is 6.35. The first-order valence-corrected chi connectivity index (χ1v) is 7.04. The van der Waals surface area contributed by atoms with Crippen LogP contribution in [0.1, 0.15) is 24.8 Å². The minimum Gasteiger partial charge on any atom is -0.286 e. The van der Waals surface area contributed by atoms with E-state index >= 15 is 0 Å². The predicted molar refractivity (Wildman–Crippen MR) is 83.0 cm³/mol. The zero-order valence-electron chi connectivity index (χ0n) is 11.1. The van der Waals surface area contributed by atoms with E-state index in [0.29, 0.717) is 27.2 Å². The maximum Gasteiger partial charge on any atom is 0.269 e. The molecule has 3 nitrogen and oxygen atoms in total. The summed E-state index contributed by atoms with van der Waals surface area (Å²) in [6.45, 7) is 3.91. The Kier molecular flexibility index (Phi) is 7.37. The summed E-state index contributed by atoms with van der Waals surface area (Å²) in [5, 5.41) is 11.2. The standard InChI is InChI=1S/C15H17Cl2NO2/c1-2-3-4-5-10-18(20)15(19)9-7-12-6-8-13(16)11-14(12)17/h2,6-9,11,20H,1,3-5,10H2/b9-7+. The van der Waals surface area contributed by atoms with Gasteiger partial charge in [0.25, 0.3) is 5.91 Å². The van der Waals surface area contributed by atoms with Crippen LogP contribution in [0, 0.1) is 0 Å². The van der Waals surface area contributed by atoms with Gasteiger partial charge in [-0.3, -0.25) is 10.0 Å². The van der Waals surface area contributed by atoms with Crippen molar-refractivity contribution in [1.29, 1.82) is 0 Å². The number of nitrogens with zero attached hydrogens (tertiary/aromatic N) is 1. The molecule has 0 unspecified atom stereocenters. The van der Waals surface area contributed by atoms with Crippen LogP contribution in [0.15, 0.2) is 36.9 Å². The fourth-order valence-corrected chi connectivity index (χ4v) is 2.02. The van der Waals surface area contributed by atoms with Gasteiger partial charge < -0.3 is 0 Å². The molecule has 1 amide bonds. The van der Waals surface area contributed by atoms with Crippen LogP contribution in [0.4, 0.5) is 0 Å². The van der Waals surface area contributed by atoms with Crippen molar-refractivity contribution in [3.05, 3.63) is 52.5 Å². The number of halogens is 2. The van der Waals surface area contributed by atoms with Gasteiger partial charge in [0.15, 0.2) is 0 Å². The number of hydrogen-bond acceptors (Lipinski definition) is 2. The van der Waals surface area contributed by atoms with Gasteiger partial charge in [-0.15, -0.1) is 6.58 Å². The molecule has 1 N–H and O–H groups in total. The van der Waals surface area contributed by atoms with Crippen molar-refractivity contribution in [2.24, 2.45) is 0 Å². The van der Waals surface area contributed by atoms with Crippen molar-refractivity contribution in [2.75, 3.05) is 6.54 Å². The average molecular weight is 314 g/mol. The first-order valence-electron chi connectivity index (χ1n) is 6.29. The van der Waals surface area contributed by atoms with Gasteiger partial charge in [-0.25, -0.2) is 5.06 Å². The molecule has 0 aliphatic rings. The van der Waals surface area contributed by atoms with E-state index in [1.165, 1.54) is 6.08 Å². The summed E-state index contributed by atoms with van der Waals surface area (Å²) in [4.78, 5) is 11.7. The summed E-state index contributed by atoms with van der Waals surface area (Å²) >= 11 is 11.8. The summed E-state index contributed by atoms with van der Waals surface area (Å²) in [7, 11) is 0. The lowest BCUT2D eigenvalue weighted by Crippen LogP contribution is -2.26. The van der Waals surface area contributed by atoms with Crippen molar-refractivity contribution in [3.63, 3.8) is 0 Å². The molecule has 5 heteroatoms. The highest BCUT2D eigenvalue weighted by Crippen LogP contribution is 2.21. The summed E-state index contributed by atoms with van der Waals surface area (Å²) < 4.78 is 0. The molecule has 0 bridgehead atoms. The maximum absolute atomic E-state index is 11.7. The highest BCUT2D eigenvalue weighted by Gasteiger charge is 2.06. The van der Waals surface area contributed by atoms with Gasteiger partial charge in [0.1, 0.15) is 0 Å². The van der Waals surface area contributed by atoms with E-state index in [-0.39, 0.29) is 0 Å². The van der Waals surface area contributed by atoms with E-state index in [0.717, 1.165) is 19.3 Å². The molecule has 0 saturated carbocycles. The molecule has 0 heterocycles. The zero-order chi connectivity index (χ0) is 15.0. The number of carbonyl (C=O) groups is 1. The number of allylic oxidation sites excluding steroid dienone is 1. The molecule has 1 rings (SSSR count). The second-order valence-corrected chi connectivity index (χ2v) is 5.09. The van der Waals surface area contributed by atoms with Gasteiger partial charge >= 0.3 is 0 Å². The Balaban J connectivity index is 2.51. The molecule has 1 aromatic carbocycles. The quantitative estimate of drug-likeness (QED) is 0.263. The largest absolute Gasteiger partial charge is 0.286 e. The highest BCUT2D eigenvalue weighted by atomic mass is 35.5. The number of rotatable bonds is 7. The van der Waals surface area contributed by atoms with Gasteiger partial charge in [-0.2, -0.15) is 0 Å². The molecule has 0 radical (unpaired) electrons. The number of unbranched alkanes of at least 4 members (excludes halogenated alkanes) is 2. The first-order chi connectivity index (χ1) is 9.54. The monoisotopic (exact) mass is 313 g/mol. The van der Waals surface area contributed by atoms with Crippen LogP contribution in [0.5, 0.6) is 0 Å². The van der Waals surface area contributed by atoms with E-state index < -0.39 is 5.91 Å². The maximum atomic E-state index is 11.7.